The van der Waals surface area contributed by atoms with Crippen LogP contribution in [0.5, 0.6) is 0 Å². The van der Waals surface area contributed by atoms with Crippen LogP contribution in [0.1, 0.15) is 21.5 Å². The van der Waals surface area contributed by atoms with Gasteiger partial charge in [-0.2, -0.15) is 0 Å². The quantitative estimate of drug-likeness (QED) is 0.861. The molecule has 0 fully saturated rings. The summed E-state index contributed by atoms with van der Waals surface area (Å²) in [6, 6.07) is 2.54. The number of benzene rings is 1. The molecular weight excluding hydrogens is 313 g/mol. The smallest absolute Gasteiger partial charge is 0.267 e. The van der Waals surface area contributed by atoms with E-state index >= 15 is 0 Å². The second-order valence-corrected chi connectivity index (χ2v) is 5.90. The van der Waals surface area contributed by atoms with Crippen LogP contribution in [0.3, 0.4) is 0 Å². The van der Waals surface area contributed by atoms with Crippen LogP contribution in [0.2, 0.25) is 0 Å². The fourth-order valence-electron chi connectivity index (χ4n) is 1.26. The maximum Gasteiger partial charge on any atom is 0.267 e. The summed E-state index contributed by atoms with van der Waals surface area (Å²) in [5.74, 6) is -1.71. The summed E-state index contributed by atoms with van der Waals surface area (Å²) in [6.45, 7) is 1.72. The van der Waals surface area contributed by atoms with Crippen molar-refractivity contribution >= 4 is 31.9 Å². The van der Waals surface area contributed by atoms with Crippen molar-refractivity contribution in [1.29, 1.82) is 0 Å². The number of sulfonamides is 1. The van der Waals surface area contributed by atoms with E-state index in [1.807, 2.05) is 0 Å². The van der Waals surface area contributed by atoms with Crippen molar-refractivity contribution in [3.8, 4) is 0 Å². The monoisotopic (exact) mass is 323 g/mol. The van der Waals surface area contributed by atoms with Gasteiger partial charge in [0, 0.05) is 5.33 Å². The van der Waals surface area contributed by atoms with Gasteiger partial charge in [-0.05, 0) is 30.2 Å². The highest BCUT2D eigenvalue weighted by Crippen LogP contribution is 2.18. The Balaban J connectivity index is 3.16. The van der Waals surface area contributed by atoms with Crippen molar-refractivity contribution < 1.29 is 17.6 Å². The largest absolute Gasteiger partial charge is 0.268 e. The number of halogens is 2. The van der Waals surface area contributed by atoms with Crippen molar-refractivity contribution in [3.05, 3.63) is 34.6 Å². The van der Waals surface area contributed by atoms with Gasteiger partial charge in [-0.15, -0.1) is 0 Å². The number of alkyl halides is 1. The molecule has 0 bridgehead atoms. The third-order valence-corrected chi connectivity index (χ3v) is 3.25. The highest BCUT2D eigenvalue weighted by Gasteiger charge is 2.17. The fourth-order valence-corrected chi connectivity index (χ4v) is 2.31. The van der Waals surface area contributed by atoms with Crippen LogP contribution in [0.15, 0.2) is 12.1 Å². The number of carbonyl (C=O) groups is 1. The van der Waals surface area contributed by atoms with Crippen LogP contribution in [0.25, 0.3) is 0 Å². The average molecular weight is 324 g/mol. The maximum absolute atomic E-state index is 13.6. The lowest BCUT2D eigenvalue weighted by molar-refractivity contribution is 0.0977. The number of hydrogen-bond donors (Lipinski definition) is 1. The summed E-state index contributed by atoms with van der Waals surface area (Å²) in [7, 11) is -3.69. The van der Waals surface area contributed by atoms with E-state index in [1.165, 1.54) is 12.1 Å². The van der Waals surface area contributed by atoms with Gasteiger partial charge in [-0.1, -0.05) is 15.9 Å². The Hall–Kier alpha value is -0.950. The number of amides is 1. The van der Waals surface area contributed by atoms with Gasteiger partial charge in [-0.3, -0.25) is 4.79 Å². The topological polar surface area (TPSA) is 63.2 Å². The Morgan fingerprint density at radius 3 is 2.53 bits per heavy atom. The highest BCUT2D eigenvalue weighted by molar-refractivity contribution is 9.08. The molecule has 4 nitrogen and oxygen atoms in total. The Bertz CT molecular complexity index is 557. The zero-order chi connectivity index (χ0) is 13.2. The van der Waals surface area contributed by atoms with Crippen LogP contribution >= 0.6 is 15.9 Å². The minimum atomic E-state index is -3.69. The van der Waals surface area contributed by atoms with Crippen LogP contribution in [0, 0.1) is 12.7 Å². The first kappa shape index (κ1) is 14.1. The van der Waals surface area contributed by atoms with Crippen LogP contribution in [0.4, 0.5) is 4.39 Å². The average Bonchev–Trinajstić information content (AvgIpc) is 2.18. The van der Waals surface area contributed by atoms with Crippen molar-refractivity contribution in [3.63, 3.8) is 0 Å². The zero-order valence-electron chi connectivity index (χ0n) is 9.25. The Morgan fingerprint density at radius 1 is 1.47 bits per heavy atom. The van der Waals surface area contributed by atoms with E-state index in [9.17, 15) is 17.6 Å². The molecule has 1 aromatic rings. The summed E-state index contributed by atoms with van der Waals surface area (Å²) in [5, 5.41) is 0.462. The van der Waals surface area contributed by atoms with Crippen LogP contribution < -0.4 is 4.72 Å². The molecule has 0 aromatic heterocycles. The Kier molecular flexibility index (Phi) is 4.26. The SMILES string of the molecule is Cc1cc(C(=O)NS(C)(=O)=O)c(F)cc1CBr. The number of aryl methyl sites for hydroxylation is 1. The molecule has 0 radical (unpaired) electrons. The van der Waals surface area contributed by atoms with Crippen molar-refractivity contribution in [2.45, 2.75) is 12.3 Å². The lowest BCUT2D eigenvalue weighted by atomic mass is 10.1. The molecule has 0 saturated carbocycles. The van der Waals surface area contributed by atoms with Gasteiger partial charge < -0.3 is 0 Å². The molecule has 7 heteroatoms. The van der Waals surface area contributed by atoms with Gasteiger partial charge in [0.2, 0.25) is 10.0 Å². The van der Waals surface area contributed by atoms with E-state index in [1.54, 1.807) is 11.6 Å². The molecule has 0 unspecified atom stereocenters. The van der Waals surface area contributed by atoms with Gasteiger partial charge in [0.15, 0.2) is 0 Å². The summed E-state index contributed by atoms with van der Waals surface area (Å²) < 4.78 is 37.0. The number of hydrogen-bond acceptors (Lipinski definition) is 3. The van der Waals surface area contributed by atoms with Crippen LogP contribution in [-0.2, 0) is 15.4 Å². The van der Waals surface area contributed by atoms with E-state index in [4.69, 9.17) is 0 Å². The van der Waals surface area contributed by atoms with E-state index < -0.39 is 21.7 Å². The third kappa shape index (κ3) is 3.78. The van der Waals surface area contributed by atoms with Gasteiger partial charge in [0.1, 0.15) is 5.82 Å². The molecule has 0 aliphatic carbocycles. The standard InChI is InChI=1S/C10H11BrFNO3S/c1-6-3-8(9(12)4-7(6)5-11)10(14)13-17(2,15)16/h3-4H,5H2,1-2H3,(H,13,14). The van der Waals surface area contributed by atoms with Crippen molar-refractivity contribution in [1.82, 2.24) is 4.72 Å². The van der Waals surface area contributed by atoms with Crippen LogP contribution in [-0.4, -0.2) is 20.6 Å². The molecule has 0 heterocycles. The first-order valence-corrected chi connectivity index (χ1v) is 7.63. The molecule has 0 saturated heterocycles. The molecule has 0 aliphatic rings. The highest BCUT2D eigenvalue weighted by atomic mass is 79.9. The van der Waals surface area contributed by atoms with Gasteiger partial charge in [0.25, 0.3) is 5.91 Å². The first-order chi connectivity index (χ1) is 7.74. The molecule has 1 N–H and O–H groups in total. The lowest BCUT2D eigenvalue weighted by Crippen LogP contribution is -2.30. The third-order valence-electron chi connectivity index (χ3n) is 2.09. The molecule has 0 spiro atoms. The van der Waals surface area contributed by atoms with Gasteiger partial charge in [0.05, 0.1) is 11.8 Å². The predicted molar refractivity (Wildman–Crippen MR) is 66.1 cm³/mol. The Morgan fingerprint density at radius 2 is 2.06 bits per heavy atom. The molecular formula is C10H11BrFNO3S. The number of carbonyl (C=O) groups excluding carboxylic acids is 1. The van der Waals surface area contributed by atoms with Gasteiger partial charge >= 0.3 is 0 Å². The molecule has 94 valence electrons. The molecule has 1 aromatic carbocycles. The molecule has 1 amide bonds. The van der Waals surface area contributed by atoms with E-state index in [2.05, 4.69) is 15.9 Å². The first-order valence-electron chi connectivity index (χ1n) is 4.61. The summed E-state index contributed by atoms with van der Waals surface area (Å²) in [4.78, 5) is 11.5. The predicted octanol–water partition coefficient (Wildman–Crippen LogP) is 1.72. The second-order valence-electron chi connectivity index (χ2n) is 3.60. The van der Waals surface area contributed by atoms with E-state index in [-0.39, 0.29) is 5.56 Å². The van der Waals surface area contributed by atoms with E-state index in [0.29, 0.717) is 16.5 Å². The molecule has 17 heavy (non-hydrogen) atoms. The van der Waals surface area contributed by atoms with Crippen molar-refractivity contribution in [2.24, 2.45) is 0 Å². The molecule has 0 atom stereocenters. The fraction of sp³-hybridized carbons (Fsp3) is 0.300. The molecule has 0 aliphatic heterocycles. The molecule has 1 rings (SSSR count). The summed E-state index contributed by atoms with van der Waals surface area (Å²) in [6.07, 6.45) is 0.836. The second kappa shape index (κ2) is 5.14. The Labute approximate surface area is 107 Å². The maximum atomic E-state index is 13.6. The van der Waals surface area contributed by atoms with E-state index in [0.717, 1.165) is 6.26 Å². The zero-order valence-corrected chi connectivity index (χ0v) is 11.7. The number of nitrogens with one attached hydrogen (secondary N) is 1. The lowest BCUT2D eigenvalue weighted by Gasteiger charge is -2.08. The minimum absolute atomic E-state index is 0.280. The van der Waals surface area contributed by atoms with Gasteiger partial charge in [-0.25, -0.2) is 17.5 Å². The summed E-state index contributed by atoms with van der Waals surface area (Å²) in [5.41, 5.74) is 1.14. The minimum Gasteiger partial charge on any atom is -0.268 e. The summed E-state index contributed by atoms with van der Waals surface area (Å²) >= 11 is 3.19. The van der Waals surface area contributed by atoms with Crippen molar-refractivity contribution in [2.75, 3.05) is 6.26 Å². The number of rotatable bonds is 3. The normalized spacial score (nSPS) is 11.3.